The number of benzene rings is 1. The van der Waals surface area contributed by atoms with Gasteiger partial charge in [0.1, 0.15) is 5.75 Å². The summed E-state index contributed by atoms with van der Waals surface area (Å²) in [4.78, 5) is 18.5. The lowest BCUT2D eigenvalue weighted by Gasteiger charge is -2.17. The first-order chi connectivity index (χ1) is 11.6. The third-order valence-electron chi connectivity index (χ3n) is 4.32. The number of halogens is 1. The van der Waals surface area contributed by atoms with E-state index in [1.54, 1.807) is 30.6 Å². The Balaban J connectivity index is 1.49. The monoisotopic (exact) mass is 345 g/mol. The molecule has 1 aromatic carbocycles. The Labute approximate surface area is 146 Å². The Morgan fingerprint density at radius 2 is 2.21 bits per heavy atom. The molecule has 1 aromatic heterocycles. The predicted molar refractivity (Wildman–Crippen MR) is 93.1 cm³/mol. The summed E-state index contributed by atoms with van der Waals surface area (Å²) < 4.78 is 0. The van der Waals surface area contributed by atoms with Crippen LogP contribution in [-0.2, 0) is 6.54 Å². The second-order valence-electron chi connectivity index (χ2n) is 6.08. The van der Waals surface area contributed by atoms with E-state index in [1.807, 2.05) is 6.07 Å². The zero-order chi connectivity index (χ0) is 16.9. The summed E-state index contributed by atoms with van der Waals surface area (Å²) in [6.07, 6.45) is 4.45. The van der Waals surface area contributed by atoms with Gasteiger partial charge in [-0.1, -0.05) is 23.7 Å². The molecule has 2 heterocycles. The number of likely N-dealkylation sites (tertiary alicyclic amines) is 1. The number of amides is 1. The summed E-state index contributed by atoms with van der Waals surface area (Å²) in [6.45, 7) is 3.30. The molecule has 0 spiro atoms. The van der Waals surface area contributed by atoms with Crippen molar-refractivity contribution >= 4 is 17.5 Å². The molecule has 0 aliphatic carbocycles. The number of nitrogens with zero attached hydrogens (tertiary/aromatic N) is 2. The minimum Gasteiger partial charge on any atom is -0.507 e. The van der Waals surface area contributed by atoms with Gasteiger partial charge in [-0.05, 0) is 42.6 Å². The van der Waals surface area contributed by atoms with Crippen LogP contribution in [0.3, 0.4) is 0 Å². The Morgan fingerprint density at radius 1 is 1.38 bits per heavy atom. The van der Waals surface area contributed by atoms with Crippen LogP contribution in [-0.4, -0.2) is 40.5 Å². The highest BCUT2D eigenvalue weighted by molar-refractivity contribution is 6.31. The molecular weight excluding hydrogens is 326 g/mol. The standard InChI is InChI=1S/C18H20ClN3O2/c19-16-10-20-7-5-14(16)12-22-8-6-13(11-22)9-21-18(24)15-3-1-2-4-17(15)23/h1-5,7,10,13,23H,6,8-9,11-12H2,(H,21,24). The van der Waals surface area contributed by atoms with Crippen LogP contribution >= 0.6 is 11.6 Å². The Morgan fingerprint density at radius 3 is 3.00 bits per heavy atom. The van der Waals surface area contributed by atoms with Crippen molar-refractivity contribution in [1.29, 1.82) is 0 Å². The highest BCUT2D eigenvalue weighted by Crippen LogP contribution is 2.22. The third-order valence-corrected chi connectivity index (χ3v) is 4.66. The molecule has 3 rings (SSSR count). The maximum absolute atomic E-state index is 12.1. The molecular formula is C18H20ClN3O2. The van der Waals surface area contributed by atoms with E-state index in [0.717, 1.165) is 31.6 Å². The van der Waals surface area contributed by atoms with Crippen LogP contribution in [0.15, 0.2) is 42.7 Å². The first-order valence-electron chi connectivity index (χ1n) is 8.00. The van der Waals surface area contributed by atoms with Gasteiger partial charge in [0.25, 0.3) is 5.91 Å². The van der Waals surface area contributed by atoms with Crippen LogP contribution in [0.4, 0.5) is 0 Å². The number of hydrogen-bond donors (Lipinski definition) is 2. The highest BCUT2D eigenvalue weighted by Gasteiger charge is 2.23. The molecule has 0 bridgehead atoms. The van der Waals surface area contributed by atoms with Crippen molar-refractivity contribution in [2.75, 3.05) is 19.6 Å². The van der Waals surface area contributed by atoms with Crippen LogP contribution in [0.25, 0.3) is 0 Å². The van der Waals surface area contributed by atoms with E-state index in [0.29, 0.717) is 23.0 Å². The molecule has 5 nitrogen and oxygen atoms in total. The fourth-order valence-corrected chi connectivity index (χ4v) is 3.17. The van der Waals surface area contributed by atoms with Crippen LogP contribution in [0.5, 0.6) is 5.75 Å². The minimum atomic E-state index is -0.233. The number of rotatable bonds is 5. The molecule has 0 radical (unpaired) electrons. The highest BCUT2D eigenvalue weighted by atomic mass is 35.5. The molecule has 1 atom stereocenters. The first-order valence-corrected chi connectivity index (χ1v) is 8.38. The summed E-state index contributed by atoms with van der Waals surface area (Å²) in [7, 11) is 0. The van der Waals surface area contributed by atoms with Gasteiger partial charge in [-0.15, -0.1) is 0 Å². The van der Waals surface area contributed by atoms with Crippen molar-refractivity contribution in [1.82, 2.24) is 15.2 Å². The van der Waals surface area contributed by atoms with Crippen molar-refractivity contribution in [2.24, 2.45) is 5.92 Å². The minimum absolute atomic E-state index is 0.00961. The lowest BCUT2D eigenvalue weighted by Crippen LogP contribution is -2.31. The maximum atomic E-state index is 12.1. The van der Waals surface area contributed by atoms with Gasteiger partial charge in [-0.2, -0.15) is 0 Å². The number of phenols is 1. The van der Waals surface area contributed by atoms with Crippen LogP contribution < -0.4 is 5.32 Å². The van der Waals surface area contributed by atoms with E-state index < -0.39 is 0 Å². The molecule has 1 unspecified atom stereocenters. The van der Waals surface area contributed by atoms with Crippen molar-refractivity contribution in [3.63, 3.8) is 0 Å². The van der Waals surface area contributed by atoms with Gasteiger partial charge in [0.15, 0.2) is 0 Å². The number of carbonyl (C=O) groups is 1. The van der Waals surface area contributed by atoms with E-state index in [-0.39, 0.29) is 11.7 Å². The molecule has 1 aliphatic heterocycles. The van der Waals surface area contributed by atoms with Gasteiger partial charge >= 0.3 is 0 Å². The molecule has 1 fully saturated rings. The van der Waals surface area contributed by atoms with Crippen LogP contribution in [0.1, 0.15) is 22.3 Å². The Hall–Kier alpha value is -2.11. The fourth-order valence-electron chi connectivity index (χ4n) is 2.99. The second kappa shape index (κ2) is 7.64. The Bertz CT molecular complexity index is 723. The average Bonchev–Trinajstić information content (AvgIpc) is 3.03. The number of pyridine rings is 1. The molecule has 1 aliphatic rings. The number of hydrogen-bond acceptors (Lipinski definition) is 4. The summed E-state index contributed by atoms with van der Waals surface area (Å²) in [6, 6.07) is 8.52. The van der Waals surface area contributed by atoms with Gasteiger partial charge in [-0.25, -0.2) is 0 Å². The van der Waals surface area contributed by atoms with Crippen LogP contribution in [0, 0.1) is 5.92 Å². The SMILES string of the molecule is O=C(NCC1CCN(Cc2ccncc2Cl)C1)c1ccccc1O. The third kappa shape index (κ3) is 4.04. The number of para-hydroxylation sites is 1. The number of phenolic OH excluding ortho intramolecular Hbond substituents is 1. The van der Waals surface area contributed by atoms with Gasteiger partial charge < -0.3 is 10.4 Å². The van der Waals surface area contributed by atoms with Gasteiger partial charge in [0.05, 0.1) is 10.6 Å². The Kier molecular flexibility index (Phi) is 5.33. The van der Waals surface area contributed by atoms with Gasteiger partial charge in [-0.3, -0.25) is 14.7 Å². The first kappa shape index (κ1) is 16.7. The number of nitrogens with one attached hydrogen (secondary N) is 1. The molecule has 126 valence electrons. The molecule has 24 heavy (non-hydrogen) atoms. The number of aromatic nitrogens is 1. The van der Waals surface area contributed by atoms with E-state index >= 15 is 0 Å². The molecule has 2 aromatic rings. The van der Waals surface area contributed by atoms with E-state index in [9.17, 15) is 9.90 Å². The van der Waals surface area contributed by atoms with Crippen molar-refractivity contribution in [3.8, 4) is 5.75 Å². The fraction of sp³-hybridized carbons (Fsp3) is 0.333. The molecule has 1 amide bonds. The molecule has 0 saturated carbocycles. The zero-order valence-corrected chi connectivity index (χ0v) is 14.0. The van der Waals surface area contributed by atoms with Crippen LogP contribution in [0.2, 0.25) is 5.02 Å². The van der Waals surface area contributed by atoms with Crippen molar-refractivity contribution < 1.29 is 9.90 Å². The normalized spacial score (nSPS) is 17.8. The quantitative estimate of drug-likeness (QED) is 0.874. The number of carbonyl (C=O) groups excluding carboxylic acids is 1. The van der Waals surface area contributed by atoms with E-state index in [2.05, 4.69) is 15.2 Å². The van der Waals surface area contributed by atoms with Crippen molar-refractivity contribution in [3.05, 3.63) is 58.9 Å². The summed E-state index contributed by atoms with van der Waals surface area (Å²) in [5.41, 5.74) is 1.39. The van der Waals surface area contributed by atoms with Crippen molar-refractivity contribution in [2.45, 2.75) is 13.0 Å². The molecule has 6 heteroatoms. The predicted octanol–water partition coefficient (Wildman–Crippen LogP) is 2.69. The number of aromatic hydroxyl groups is 1. The molecule has 1 saturated heterocycles. The summed E-state index contributed by atoms with van der Waals surface area (Å²) >= 11 is 6.15. The lowest BCUT2D eigenvalue weighted by atomic mass is 10.1. The topological polar surface area (TPSA) is 65.5 Å². The largest absolute Gasteiger partial charge is 0.507 e. The average molecular weight is 346 g/mol. The smallest absolute Gasteiger partial charge is 0.255 e. The second-order valence-corrected chi connectivity index (χ2v) is 6.49. The van der Waals surface area contributed by atoms with E-state index in [4.69, 9.17) is 11.6 Å². The maximum Gasteiger partial charge on any atom is 0.255 e. The van der Waals surface area contributed by atoms with Gasteiger partial charge in [0, 0.05) is 32.0 Å². The van der Waals surface area contributed by atoms with Gasteiger partial charge in [0.2, 0.25) is 0 Å². The summed E-state index contributed by atoms with van der Waals surface area (Å²) in [5, 5.41) is 13.3. The zero-order valence-electron chi connectivity index (χ0n) is 13.3. The molecule has 2 N–H and O–H groups in total. The lowest BCUT2D eigenvalue weighted by molar-refractivity contribution is 0.0944. The van der Waals surface area contributed by atoms with E-state index in [1.165, 1.54) is 6.07 Å². The summed E-state index contributed by atoms with van der Waals surface area (Å²) in [5.74, 6) is 0.180.